The van der Waals surface area contributed by atoms with Crippen LogP contribution in [0.4, 0.5) is 5.69 Å². The van der Waals surface area contributed by atoms with Gasteiger partial charge in [0.2, 0.25) is 5.88 Å². The molecule has 0 radical (unpaired) electrons. The number of ether oxygens (including phenoxy) is 1. The maximum atomic E-state index is 12.2. The maximum absolute atomic E-state index is 12.2. The van der Waals surface area contributed by atoms with Crippen molar-refractivity contribution in [3.8, 4) is 5.88 Å². The number of nitrogens with one attached hydrogen (secondary N) is 1. The fourth-order valence-electron chi connectivity index (χ4n) is 1.36. The molecule has 0 aliphatic rings. The highest BCUT2D eigenvalue weighted by atomic mass is 79.9. The van der Waals surface area contributed by atoms with E-state index in [4.69, 9.17) is 4.74 Å². The van der Waals surface area contributed by atoms with E-state index in [1.54, 1.807) is 24.4 Å². The fraction of sp³-hybridized carbons (Fsp3) is 0.182. The van der Waals surface area contributed by atoms with Gasteiger partial charge in [0.1, 0.15) is 9.90 Å². The molecule has 0 spiro atoms. The van der Waals surface area contributed by atoms with Gasteiger partial charge in [-0.05, 0) is 47.1 Å². The number of anilines is 1. The Morgan fingerprint density at radius 3 is 2.84 bits per heavy atom. The van der Waals surface area contributed by atoms with E-state index < -0.39 is 10.0 Å². The van der Waals surface area contributed by atoms with Crippen LogP contribution < -0.4 is 9.46 Å². The molecular weight excluding hydrogens is 352 g/mol. The van der Waals surface area contributed by atoms with E-state index in [9.17, 15) is 8.42 Å². The summed E-state index contributed by atoms with van der Waals surface area (Å²) in [6, 6.07) is 6.47. The Labute approximate surface area is 123 Å². The molecule has 0 aliphatic carbocycles. The minimum atomic E-state index is -3.61. The number of halogens is 1. The van der Waals surface area contributed by atoms with Crippen molar-refractivity contribution in [1.29, 1.82) is 0 Å². The van der Waals surface area contributed by atoms with Gasteiger partial charge in [0, 0.05) is 6.20 Å². The van der Waals surface area contributed by atoms with Crippen molar-refractivity contribution < 1.29 is 13.2 Å². The molecule has 0 atom stereocenters. The summed E-state index contributed by atoms with van der Waals surface area (Å²) in [7, 11) is -3.61. The third-order valence-electron chi connectivity index (χ3n) is 2.11. The summed E-state index contributed by atoms with van der Waals surface area (Å²) < 4.78 is 33.1. The first-order valence-corrected chi connectivity index (χ1v) is 8.48. The van der Waals surface area contributed by atoms with Crippen LogP contribution in [0.1, 0.15) is 6.92 Å². The van der Waals surface area contributed by atoms with Crippen molar-refractivity contribution in [3.05, 3.63) is 34.2 Å². The van der Waals surface area contributed by atoms with E-state index in [-0.39, 0.29) is 10.1 Å². The number of rotatable bonds is 5. The Balaban J connectivity index is 2.30. The van der Waals surface area contributed by atoms with Gasteiger partial charge in [-0.2, -0.15) is 0 Å². The van der Waals surface area contributed by atoms with Crippen LogP contribution in [0.3, 0.4) is 0 Å². The summed E-state index contributed by atoms with van der Waals surface area (Å²) in [5, 5.41) is 0. The zero-order valence-electron chi connectivity index (χ0n) is 9.96. The van der Waals surface area contributed by atoms with Gasteiger partial charge >= 0.3 is 0 Å². The second-order valence-electron chi connectivity index (χ2n) is 3.45. The molecule has 2 aromatic heterocycles. The van der Waals surface area contributed by atoms with Crippen LogP contribution in [-0.2, 0) is 10.0 Å². The average molecular weight is 363 g/mol. The van der Waals surface area contributed by atoms with E-state index in [1.807, 2.05) is 6.92 Å². The van der Waals surface area contributed by atoms with Crippen LogP contribution in [0.5, 0.6) is 5.88 Å². The minimum absolute atomic E-state index is 0.227. The van der Waals surface area contributed by atoms with Crippen LogP contribution >= 0.6 is 27.3 Å². The second-order valence-corrected chi connectivity index (χ2v) is 7.83. The highest BCUT2D eigenvalue weighted by molar-refractivity contribution is 9.11. The van der Waals surface area contributed by atoms with Crippen molar-refractivity contribution in [3.63, 3.8) is 0 Å². The lowest BCUT2D eigenvalue weighted by Crippen LogP contribution is -2.13. The monoisotopic (exact) mass is 362 g/mol. The third kappa shape index (κ3) is 3.46. The fourth-order valence-corrected chi connectivity index (χ4v) is 4.42. The highest BCUT2D eigenvalue weighted by Crippen LogP contribution is 2.29. The van der Waals surface area contributed by atoms with Crippen molar-refractivity contribution in [2.75, 3.05) is 11.3 Å². The molecule has 0 aromatic carbocycles. The third-order valence-corrected chi connectivity index (χ3v) is 5.59. The maximum Gasteiger partial charge on any atom is 0.271 e. The Bertz CT molecular complexity index is 670. The molecule has 2 rings (SSSR count). The zero-order valence-corrected chi connectivity index (χ0v) is 13.2. The lowest BCUT2D eigenvalue weighted by atomic mass is 10.4. The van der Waals surface area contributed by atoms with Crippen LogP contribution in [0.25, 0.3) is 0 Å². The molecule has 2 aromatic rings. The number of hydrogen-bond acceptors (Lipinski definition) is 5. The molecule has 0 amide bonds. The molecule has 5 nitrogen and oxygen atoms in total. The van der Waals surface area contributed by atoms with E-state index in [2.05, 4.69) is 25.6 Å². The molecular formula is C11H11BrN2O3S2. The average Bonchev–Trinajstić information content (AvgIpc) is 2.79. The quantitative estimate of drug-likeness (QED) is 0.886. The summed E-state index contributed by atoms with van der Waals surface area (Å²) in [6.07, 6.45) is 1.55. The van der Waals surface area contributed by atoms with Gasteiger partial charge in [0.25, 0.3) is 10.0 Å². The molecule has 19 heavy (non-hydrogen) atoms. The molecule has 102 valence electrons. The van der Waals surface area contributed by atoms with Gasteiger partial charge in [-0.1, -0.05) is 0 Å². The first kappa shape index (κ1) is 14.3. The van der Waals surface area contributed by atoms with Gasteiger partial charge in [-0.3, -0.25) is 4.72 Å². The van der Waals surface area contributed by atoms with Gasteiger partial charge in [0.05, 0.1) is 10.4 Å². The number of aromatic nitrogens is 1. The number of pyridine rings is 1. The summed E-state index contributed by atoms with van der Waals surface area (Å²) in [6.45, 7) is 2.22. The Kier molecular flexibility index (Phi) is 4.43. The molecule has 0 bridgehead atoms. The predicted molar refractivity (Wildman–Crippen MR) is 78.2 cm³/mol. The zero-order chi connectivity index (χ0) is 13.9. The van der Waals surface area contributed by atoms with Gasteiger partial charge in [0.15, 0.2) is 0 Å². The van der Waals surface area contributed by atoms with Crippen molar-refractivity contribution in [2.24, 2.45) is 0 Å². The molecule has 0 fully saturated rings. The van der Waals surface area contributed by atoms with Crippen molar-refractivity contribution in [1.82, 2.24) is 4.98 Å². The number of nitrogens with zero attached hydrogens (tertiary/aromatic N) is 1. The molecule has 0 saturated heterocycles. The van der Waals surface area contributed by atoms with Crippen LogP contribution in [0.2, 0.25) is 0 Å². The number of sulfonamides is 1. The van der Waals surface area contributed by atoms with Gasteiger partial charge in [-0.25, -0.2) is 13.4 Å². The largest absolute Gasteiger partial charge is 0.476 e. The molecule has 8 heteroatoms. The number of thiophene rings is 1. The normalized spacial score (nSPS) is 11.3. The molecule has 0 unspecified atom stereocenters. The lowest BCUT2D eigenvalue weighted by molar-refractivity contribution is 0.329. The lowest BCUT2D eigenvalue weighted by Gasteiger charge is -2.10. The van der Waals surface area contributed by atoms with Crippen LogP contribution in [0, 0.1) is 0 Å². The Hall–Kier alpha value is -1.12. The van der Waals surface area contributed by atoms with Crippen LogP contribution in [-0.4, -0.2) is 20.0 Å². The first-order chi connectivity index (χ1) is 9.03. The van der Waals surface area contributed by atoms with Crippen molar-refractivity contribution in [2.45, 2.75) is 11.1 Å². The molecule has 0 saturated carbocycles. The summed E-state index contributed by atoms with van der Waals surface area (Å²) in [5.41, 5.74) is 0.328. The van der Waals surface area contributed by atoms with Crippen LogP contribution in [0.15, 0.2) is 38.5 Å². The van der Waals surface area contributed by atoms with E-state index in [0.29, 0.717) is 12.3 Å². The molecule has 2 heterocycles. The topological polar surface area (TPSA) is 68.3 Å². The summed E-state index contributed by atoms with van der Waals surface area (Å²) in [4.78, 5) is 4.00. The Morgan fingerprint density at radius 1 is 1.42 bits per heavy atom. The van der Waals surface area contributed by atoms with Gasteiger partial charge in [-0.15, -0.1) is 11.3 Å². The Morgan fingerprint density at radius 2 is 2.21 bits per heavy atom. The minimum Gasteiger partial charge on any atom is -0.476 e. The number of hydrogen-bond donors (Lipinski definition) is 1. The predicted octanol–water partition coefficient (Wildman–Crippen LogP) is 3.11. The van der Waals surface area contributed by atoms with E-state index >= 15 is 0 Å². The smallest absolute Gasteiger partial charge is 0.271 e. The molecule has 1 N–H and O–H groups in total. The summed E-state index contributed by atoms with van der Waals surface area (Å²) in [5.74, 6) is 0.268. The SMILES string of the molecule is CCOc1ncccc1NS(=O)(=O)c1ccc(Br)s1. The standard InChI is InChI=1S/C11H11BrN2O3S2/c1-2-17-11-8(4-3-7-13-11)14-19(15,16)10-6-5-9(12)18-10/h3-7,14H,2H2,1H3. The molecule has 0 aliphatic heterocycles. The summed E-state index contributed by atoms with van der Waals surface area (Å²) >= 11 is 4.38. The van der Waals surface area contributed by atoms with Gasteiger partial charge < -0.3 is 4.74 Å². The highest BCUT2D eigenvalue weighted by Gasteiger charge is 2.18. The second kappa shape index (κ2) is 5.89. The van der Waals surface area contributed by atoms with Crippen molar-refractivity contribution >= 4 is 43.0 Å². The first-order valence-electron chi connectivity index (χ1n) is 5.39. The van der Waals surface area contributed by atoms with E-state index in [0.717, 1.165) is 15.1 Å². The van der Waals surface area contributed by atoms with E-state index in [1.165, 1.54) is 6.07 Å².